The normalized spacial score (nSPS) is 10.2. The number of methoxy groups -OCH3 is 1. The Morgan fingerprint density at radius 2 is 2.19 bits per heavy atom. The molecular weight excluding hydrogens is 368 g/mol. The van der Waals surface area contributed by atoms with Crippen LogP contribution in [0.3, 0.4) is 0 Å². The van der Waals surface area contributed by atoms with Gasteiger partial charge in [-0.15, -0.1) is 17.8 Å². The molecule has 2 aromatic heterocycles. The van der Waals surface area contributed by atoms with E-state index < -0.39 is 0 Å². The fraction of sp³-hybridized carbons (Fsp3) is 0.158. The van der Waals surface area contributed by atoms with Crippen molar-refractivity contribution in [3.05, 3.63) is 51.7 Å². The number of carbonyl (C=O) groups is 1. The van der Waals surface area contributed by atoms with Crippen LogP contribution in [0.15, 0.2) is 40.4 Å². The van der Waals surface area contributed by atoms with Gasteiger partial charge in [0.1, 0.15) is 17.3 Å². The van der Waals surface area contributed by atoms with Crippen LogP contribution < -0.4 is 14.8 Å². The summed E-state index contributed by atoms with van der Waals surface area (Å²) in [5, 5.41) is 9.46. The van der Waals surface area contributed by atoms with Gasteiger partial charge in [0.2, 0.25) is 0 Å². The SMILES string of the molecule is C#CCOc1cc(CNC(=O)c2csc(-c3ccsc3)n2)ccc1OC. The van der Waals surface area contributed by atoms with Gasteiger partial charge in [-0.05, 0) is 29.1 Å². The van der Waals surface area contributed by atoms with Crippen LogP contribution in [-0.4, -0.2) is 24.6 Å². The Bertz CT molecular complexity index is 927. The van der Waals surface area contributed by atoms with Crippen LogP contribution in [0.25, 0.3) is 10.6 Å². The molecule has 0 saturated carbocycles. The molecule has 0 aliphatic heterocycles. The molecular formula is C19H16N2O3S2. The predicted octanol–water partition coefficient (Wildman–Crippen LogP) is 3.82. The highest BCUT2D eigenvalue weighted by atomic mass is 32.1. The van der Waals surface area contributed by atoms with Gasteiger partial charge in [0.25, 0.3) is 5.91 Å². The zero-order chi connectivity index (χ0) is 18.4. The van der Waals surface area contributed by atoms with E-state index in [0.717, 1.165) is 16.1 Å². The molecule has 0 aliphatic carbocycles. The molecule has 2 heterocycles. The van der Waals surface area contributed by atoms with E-state index in [2.05, 4.69) is 16.2 Å². The van der Waals surface area contributed by atoms with Crippen molar-refractivity contribution < 1.29 is 14.3 Å². The number of rotatable bonds is 7. The van der Waals surface area contributed by atoms with Gasteiger partial charge in [0.15, 0.2) is 11.5 Å². The molecule has 1 amide bonds. The molecule has 0 spiro atoms. The minimum Gasteiger partial charge on any atom is -0.493 e. The Labute approximate surface area is 159 Å². The van der Waals surface area contributed by atoms with Gasteiger partial charge in [-0.3, -0.25) is 4.79 Å². The molecule has 26 heavy (non-hydrogen) atoms. The third kappa shape index (κ3) is 4.23. The van der Waals surface area contributed by atoms with Gasteiger partial charge in [-0.25, -0.2) is 4.98 Å². The molecule has 1 N–H and O–H groups in total. The third-order valence-electron chi connectivity index (χ3n) is 3.50. The Balaban J connectivity index is 1.65. The predicted molar refractivity (Wildman–Crippen MR) is 104 cm³/mol. The molecule has 0 unspecified atom stereocenters. The molecule has 0 atom stereocenters. The van der Waals surface area contributed by atoms with Crippen molar-refractivity contribution >= 4 is 28.6 Å². The smallest absolute Gasteiger partial charge is 0.271 e. The zero-order valence-corrected chi connectivity index (χ0v) is 15.7. The van der Waals surface area contributed by atoms with Crippen LogP contribution in [0.1, 0.15) is 16.1 Å². The van der Waals surface area contributed by atoms with Gasteiger partial charge in [0.05, 0.1) is 7.11 Å². The molecule has 0 aliphatic rings. The average Bonchev–Trinajstić information content (AvgIpc) is 3.35. The van der Waals surface area contributed by atoms with Gasteiger partial charge in [-0.1, -0.05) is 12.0 Å². The summed E-state index contributed by atoms with van der Waals surface area (Å²) >= 11 is 3.05. The standard InChI is InChI=1S/C19H16N2O3S2/c1-3-7-24-17-9-13(4-5-16(17)23-2)10-20-18(22)15-12-26-19(21-15)14-6-8-25-11-14/h1,4-6,8-9,11-12H,7,10H2,2H3,(H,20,22). The largest absolute Gasteiger partial charge is 0.493 e. The molecule has 3 aromatic rings. The van der Waals surface area contributed by atoms with Crippen molar-refractivity contribution in [3.8, 4) is 34.4 Å². The molecule has 0 fully saturated rings. The lowest BCUT2D eigenvalue weighted by Gasteiger charge is -2.11. The molecule has 5 nitrogen and oxygen atoms in total. The molecule has 132 valence electrons. The molecule has 0 saturated heterocycles. The van der Waals surface area contributed by atoms with Crippen molar-refractivity contribution in [3.63, 3.8) is 0 Å². The maximum atomic E-state index is 12.3. The summed E-state index contributed by atoms with van der Waals surface area (Å²) in [4.78, 5) is 16.7. The first-order valence-corrected chi connectivity index (χ1v) is 9.53. The molecule has 1 aromatic carbocycles. The summed E-state index contributed by atoms with van der Waals surface area (Å²) in [6.45, 7) is 0.497. The third-order valence-corrected chi connectivity index (χ3v) is 5.07. The van der Waals surface area contributed by atoms with E-state index >= 15 is 0 Å². The second-order valence-corrected chi connectivity index (χ2v) is 6.85. The summed E-state index contributed by atoms with van der Waals surface area (Å²) < 4.78 is 10.7. The first kappa shape index (κ1) is 18.0. The summed E-state index contributed by atoms with van der Waals surface area (Å²) in [6.07, 6.45) is 5.23. The number of hydrogen-bond acceptors (Lipinski definition) is 6. The first-order valence-electron chi connectivity index (χ1n) is 7.70. The Morgan fingerprint density at radius 1 is 1.31 bits per heavy atom. The minimum atomic E-state index is -0.218. The van der Waals surface area contributed by atoms with E-state index in [1.54, 1.807) is 36.0 Å². The van der Waals surface area contributed by atoms with E-state index in [1.807, 2.05) is 22.9 Å². The number of nitrogens with one attached hydrogen (secondary N) is 1. The molecule has 7 heteroatoms. The van der Waals surface area contributed by atoms with Gasteiger partial charge >= 0.3 is 0 Å². The van der Waals surface area contributed by atoms with E-state index in [1.165, 1.54) is 11.3 Å². The quantitative estimate of drug-likeness (QED) is 0.629. The van der Waals surface area contributed by atoms with Crippen LogP contribution >= 0.6 is 22.7 Å². The van der Waals surface area contributed by atoms with E-state index in [-0.39, 0.29) is 12.5 Å². The number of hydrogen-bond donors (Lipinski definition) is 1. The number of thiophene rings is 1. The van der Waals surface area contributed by atoms with E-state index in [9.17, 15) is 4.79 Å². The number of ether oxygens (including phenoxy) is 2. The first-order chi connectivity index (χ1) is 12.7. The average molecular weight is 384 g/mol. The second-order valence-electron chi connectivity index (χ2n) is 5.21. The maximum Gasteiger partial charge on any atom is 0.271 e. The van der Waals surface area contributed by atoms with Crippen molar-refractivity contribution in [2.45, 2.75) is 6.54 Å². The number of amides is 1. The van der Waals surface area contributed by atoms with Crippen LogP contribution in [-0.2, 0) is 6.54 Å². The van der Waals surface area contributed by atoms with Crippen molar-refractivity contribution in [2.75, 3.05) is 13.7 Å². The van der Waals surface area contributed by atoms with Gasteiger partial charge in [-0.2, -0.15) is 11.3 Å². The van der Waals surface area contributed by atoms with Crippen LogP contribution in [0.5, 0.6) is 11.5 Å². The fourth-order valence-corrected chi connectivity index (χ4v) is 3.75. The van der Waals surface area contributed by atoms with Crippen molar-refractivity contribution in [1.29, 1.82) is 0 Å². The maximum absolute atomic E-state index is 12.3. The lowest BCUT2D eigenvalue weighted by Crippen LogP contribution is -2.23. The number of nitrogens with zero attached hydrogens (tertiary/aromatic N) is 1. The summed E-state index contributed by atoms with van der Waals surface area (Å²) in [7, 11) is 1.56. The summed E-state index contributed by atoms with van der Waals surface area (Å²) in [5.41, 5.74) is 2.32. The monoisotopic (exact) mass is 384 g/mol. The highest BCUT2D eigenvalue weighted by Crippen LogP contribution is 2.28. The topological polar surface area (TPSA) is 60.5 Å². The number of benzene rings is 1. The molecule has 3 rings (SSSR count). The highest BCUT2D eigenvalue weighted by Gasteiger charge is 2.12. The van der Waals surface area contributed by atoms with Crippen molar-refractivity contribution in [2.24, 2.45) is 0 Å². The summed E-state index contributed by atoms with van der Waals surface area (Å²) in [5.74, 6) is 3.34. The van der Waals surface area contributed by atoms with Gasteiger partial charge in [0, 0.05) is 22.9 Å². The Morgan fingerprint density at radius 3 is 2.92 bits per heavy atom. The van der Waals surface area contributed by atoms with Gasteiger partial charge < -0.3 is 14.8 Å². The number of aromatic nitrogens is 1. The fourth-order valence-electron chi connectivity index (χ4n) is 2.23. The zero-order valence-electron chi connectivity index (χ0n) is 14.0. The number of carbonyl (C=O) groups excluding carboxylic acids is 1. The number of terminal acetylenes is 1. The minimum absolute atomic E-state index is 0.149. The number of thiazole rings is 1. The van der Waals surface area contributed by atoms with Crippen LogP contribution in [0, 0.1) is 12.3 Å². The van der Waals surface area contributed by atoms with Crippen LogP contribution in [0.2, 0.25) is 0 Å². The van der Waals surface area contributed by atoms with E-state index in [0.29, 0.717) is 23.7 Å². The van der Waals surface area contributed by atoms with E-state index in [4.69, 9.17) is 15.9 Å². The highest BCUT2D eigenvalue weighted by molar-refractivity contribution is 7.14. The lowest BCUT2D eigenvalue weighted by molar-refractivity contribution is 0.0946. The van der Waals surface area contributed by atoms with Crippen molar-refractivity contribution in [1.82, 2.24) is 10.3 Å². The Kier molecular flexibility index (Phi) is 5.89. The van der Waals surface area contributed by atoms with Crippen LogP contribution in [0.4, 0.5) is 0 Å². The lowest BCUT2D eigenvalue weighted by atomic mass is 10.2. The molecule has 0 bridgehead atoms. The Hall–Kier alpha value is -2.82. The molecule has 0 radical (unpaired) electrons. The summed E-state index contributed by atoms with van der Waals surface area (Å²) in [6, 6.07) is 7.43. The second kappa shape index (κ2) is 8.52.